The third-order valence-corrected chi connectivity index (χ3v) is 15.5. The molecule has 0 aromatic rings. The Hall–Kier alpha value is -4.05. The van der Waals surface area contributed by atoms with Crippen LogP contribution in [0.25, 0.3) is 0 Å². The van der Waals surface area contributed by atoms with Crippen LogP contribution in [-0.4, -0.2) is 87.4 Å². The first-order valence-electron chi connectivity index (χ1n) is 36.1. The van der Waals surface area contributed by atoms with E-state index >= 15 is 0 Å². The van der Waals surface area contributed by atoms with E-state index < -0.39 is 24.3 Å². The number of unbranched alkanes of at least 4 members (excludes halogenated alkanes) is 33. The fraction of sp³-hybridized carbons (Fsp3) is 0.731. The van der Waals surface area contributed by atoms with Crippen molar-refractivity contribution in [3.8, 4) is 0 Å². The first-order valence-corrected chi connectivity index (χ1v) is 36.1. The first-order chi connectivity index (χ1) is 42.6. The van der Waals surface area contributed by atoms with Crippen molar-refractivity contribution in [1.29, 1.82) is 0 Å². The van der Waals surface area contributed by atoms with Gasteiger partial charge in [0.2, 0.25) is 0 Å². The number of ether oxygens (including phenoxy) is 4. The summed E-state index contributed by atoms with van der Waals surface area (Å²) in [4.78, 5) is 37.6. The minimum absolute atomic E-state index is 0.184. The molecule has 500 valence electrons. The molecule has 9 heteroatoms. The Morgan fingerprint density at radius 3 is 0.977 bits per heavy atom. The number of likely N-dealkylation sites (N-methyl/N-ethyl adjacent to an activating group) is 1. The molecule has 0 radical (unpaired) electrons. The van der Waals surface area contributed by atoms with Crippen molar-refractivity contribution < 1.29 is 42.9 Å². The molecule has 0 aromatic carbocycles. The average Bonchev–Trinajstić information content (AvgIpc) is 3.57. The fourth-order valence-corrected chi connectivity index (χ4v) is 10.0. The van der Waals surface area contributed by atoms with Gasteiger partial charge < -0.3 is 28.5 Å². The van der Waals surface area contributed by atoms with Crippen molar-refractivity contribution in [3.05, 3.63) is 109 Å². The van der Waals surface area contributed by atoms with Gasteiger partial charge in [-0.25, -0.2) is 4.79 Å². The molecule has 0 aromatic heterocycles. The molecule has 1 N–H and O–H groups in total. The summed E-state index contributed by atoms with van der Waals surface area (Å²) >= 11 is 0. The number of hydrogen-bond donors (Lipinski definition) is 1. The van der Waals surface area contributed by atoms with E-state index in [1.54, 1.807) is 0 Å². The Kier molecular flexibility index (Phi) is 64.7. The Labute approximate surface area is 536 Å². The molecule has 0 saturated carbocycles. The predicted octanol–water partition coefficient (Wildman–Crippen LogP) is 22.6. The maximum Gasteiger partial charge on any atom is 0.361 e. The lowest BCUT2D eigenvalue weighted by molar-refractivity contribution is -0.870. The van der Waals surface area contributed by atoms with Gasteiger partial charge in [-0.2, -0.15) is 0 Å². The SMILES string of the molecule is CC/C=C\C/C=C\C/C=C\C/C=C\C/C=C\C/C=C\C/C=C\CCCCCCCCCCCCCCCCCC(=O)OC(COC(=O)CCCCCCCCCCCCCCC/C=C\C/C=C\CCCCCCC)COC(OCC[N+](C)(C)C)C(=O)O. The van der Waals surface area contributed by atoms with Crippen molar-refractivity contribution in [2.75, 3.05) is 47.5 Å². The monoisotopic (exact) mass is 1220 g/mol. The highest BCUT2D eigenvalue weighted by Gasteiger charge is 2.25. The lowest BCUT2D eigenvalue weighted by atomic mass is 10.0. The Morgan fingerprint density at radius 2 is 0.655 bits per heavy atom. The van der Waals surface area contributed by atoms with Crippen LogP contribution in [0.15, 0.2) is 109 Å². The molecule has 0 bridgehead atoms. The molecule has 0 aliphatic carbocycles. The zero-order valence-electron chi connectivity index (χ0n) is 57.2. The van der Waals surface area contributed by atoms with Gasteiger partial charge in [0.05, 0.1) is 34.4 Å². The molecule has 0 heterocycles. The van der Waals surface area contributed by atoms with Gasteiger partial charge in [0.25, 0.3) is 6.29 Å². The predicted molar refractivity (Wildman–Crippen MR) is 373 cm³/mol. The molecule has 9 nitrogen and oxygen atoms in total. The third kappa shape index (κ3) is 69.3. The molecule has 0 saturated heterocycles. The summed E-state index contributed by atoms with van der Waals surface area (Å²) in [5.74, 6) is -2.00. The van der Waals surface area contributed by atoms with E-state index in [0.717, 1.165) is 89.9 Å². The van der Waals surface area contributed by atoms with Gasteiger partial charge in [0.1, 0.15) is 13.2 Å². The molecular weight excluding hydrogens is 1080 g/mol. The number of carboxylic acid groups (broad SMARTS) is 1. The van der Waals surface area contributed by atoms with E-state index in [1.165, 1.54) is 193 Å². The van der Waals surface area contributed by atoms with Crippen molar-refractivity contribution in [2.45, 2.75) is 322 Å². The van der Waals surface area contributed by atoms with Gasteiger partial charge in [-0.3, -0.25) is 9.59 Å². The van der Waals surface area contributed by atoms with Gasteiger partial charge in [-0.15, -0.1) is 0 Å². The summed E-state index contributed by atoms with van der Waals surface area (Å²) in [6.07, 6.45) is 92.0. The van der Waals surface area contributed by atoms with E-state index in [9.17, 15) is 19.5 Å². The highest BCUT2D eigenvalue weighted by Crippen LogP contribution is 2.17. The highest BCUT2D eigenvalue weighted by atomic mass is 16.7. The minimum atomic E-state index is -1.52. The maximum absolute atomic E-state index is 13.0. The van der Waals surface area contributed by atoms with E-state index in [1.807, 2.05) is 21.1 Å². The number of hydrogen-bond acceptors (Lipinski definition) is 7. The minimum Gasteiger partial charge on any atom is -0.477 e. The molecule has 0 amide bonds. The molecule has 87 heavy (non-hydrogen) atoms. The van der Waals surface area contributed by atoms with Crippen LogP contribution in [0.5, 0.6) is 0 Å². The summed E-state index contributed by atoms with van der Waals surface area (Å²) in [5, 5.41) is 9.75. The van der Waals surface area contributed by atoms with Crippen LogP contribution in [0, 0.1) is 0 Å². The first kappa shape index (κ1) is 83.0. The number of carbonyl (C=O) groups excluding carboxylic acids is 2. The smallest absolute Gasteiger partial charge is 0.361 e. The van der Waals surface area contributed by atoms with Gasteiger partial charge in [0, 0.05) is 12.8 Å². The number of carbonyl (C=O) groups is 3. The standard InChI is InChI=1S/C78H135NO8/c1-6-8-10-12-14-16-18-20-22-24-26-28-30-32-33-34-35-36-37-38-39-40-41-42-43-45-47-49-51-53-55-57-59-61-63-65-67-69-76(81)87-74(73-86-78(77(82)83)84-71-70-79(3,4)5)72-85-75(80)68-66-64-62-60-58-56-54-52-50-48-46-44-31-29-27-25-23-21-19-17-15-13-11-9-7-2/h8,10,14,16,19-22,25-28,32-33,35-36,38-39,74,78H,6-7,9,11-13,15,17-18,23-24,29-31,34,37,40-73H2,1-5H3/p+1/b10-8-,16-14-,21-19-,22-20-,27-25-,28-26-,33-32-,36-35-,39-38-. The summed E-state index contributed by atoms with van der Waals surface area (Å²) in [6.45, 7) is 4.78. The quantitative estimate of drug-likeness (QED) is 0.0211. The number of esters is 2. The van der Waals surface area contributed by atoms with Crippen LogP contribution >= 0.6 is 0 Å². The molecule has 0 aliphatic heterocycles. The molecular formula is C78H136NO8+. The zero-order valence-corrected chi connectivity index (χ0v) is 57.2. The van der Waals surface area contributed by atoms with Crippen molar-refractivity contribution in [2.24, 2.45) is 0 Å². The highest BCUT2D eigenvalue weighted by molar-refractivity contribution is 5.71. The molecule has 0 fully saturated rings. The van der Waals surface area contributed by atoms with Crippen molar-refractivity contribution in [3.63, 3.8) is 0 Å². The summed E-state index contributed by atoms with van der Waals surface area (Å²) in [5.41, 5.74) is 0. The van der Waals surface area contributed by atoms with Crippen LogP contribution in [0.1, 0.15) is 309 Å². The third-order valence-electron chi connectivity index (χ3n) is 15.5. The number of carboxylic acids is 1. The van der Waals surface area contributed by atoms with Gasteiger partial charge in [0.15, 0.2) is 6.10 Å². The fourth-order valence-electron chi connectivity index (χ4n) is 10.0. The Bertz CT molecular complexity index is 1800. The van der Waals surface area contributed by atoms with Crippen LogP contribution in [0.4, 0.5) is 0 Å². The van der Waals surface area contributed by atoms with Crippen LogP contribution in [0.2, 0.25) is 0 Å². The summed E-state index contributed by atoms with van der Waals surface area (Å²) in [6, 6.07) is 0. The van der Waals surface area contributed by atoms with Gasteiger partial charge in [-0.1, -0.05) is 303 Å². The number of allylic oxidation sites excluding steroid dienone is 18. The van der Waals surface area contributed by atoms with E-state index in [-0.39, 0.29) is 32.2 Å². The van der Waals surface area contributed by atoms with Crippen LogP contribution < -0.4 is 0 Å². The second-order valence-corrected chi connectivity index (χ2v) is 25.2. The summed E-state index contributed by atoms with van der Waals surface area (Å²) in [7, 11) is 5.98. The second kappa shape index (κ2) is 67.9. The lowest BCUT2D eigenvalue weighted by Gasteiger charge is -2.25. The number of nitrogens with zero attached hydrogens (tertiary/aromatic N) is 1. The van der Waals surface area contributed by atoms with Gasteiger partial charge in [-0.05, 0) is 103 Å². The normalized spacial score (nSPS) is 13.3. The van der Waals surface area contributed by atoms with Gasteiger partial charge >= 0.3 is 17.9 Å². The molecule has 0 spiro atoms. The summed E-state index contributed by atoms with van der Waals surface area (Å²) < 4.78 is 23.0. The molecule has 2 atom stereocenters. The van der Waals surface area contributed by atoms with Crippen LogP contribution in [0.3, 0.4) is 0 Å². The van der Waals surface area contributed by atoms with Crippen molar-refractivity contribution in [1.82, 2.24) is 0 Å². The molecule has 2 unspecified atom stereocenters. The number of rotatable bonds is 66. The molecule has 0 rings (SSSR count). The maximum atomic E-state index is 13.0. The topological polar surface area (TPSA) is 108 Å². The van der Waals surface area contributed by atoms with Crippen LogP contribution in [-0.2, 0) is 33.3 Å². The van der Waals surface area contributed by atoms with E-state index in [0.29, 0.717) is 17.4 Å². The number of aliphatic carboxylic acids is 1. The molecule has 0 aliphatic rings. The van der Waals surface area contributed by atoms with Crippen molar-refractivity contribution >= 4 is 17.9 Å². The van der Waals surface area contributed by atoms with E-state index in [2.05, 4.69) is 123 Å². The second-order valence-electron chi connectivity index (χ2n) is 25.2. The zero-order chi connectivity index (χ0) is 63.3. The Morgan fingerprint density at radius 1 is 0.356 bits per heavy atom. The Balaban J connectivity index is 4.09. The lowest BCUT2D eigenvalue weighted by Crippen LogP contribution is -2.40. The number of quaternary nitrogens is 1. The average molecular weight is 1220 g/mol. The largest absolute Gasteiger partial charge is 0.477 e. The van der Waals surface area contributed by atoms with E-state index in [4.69, 9.17) is 18.9 Å².